The highest BCUT2D eigenvalue weighted by molar-refractivity contribution is 7.89. The Bertz CT molecular complexity index is 977. The molecule has 3 aromatic rings. The van der Waals surface area contributed by atoms with E-state index in [2.05, 4.69) is 4.72 Å². The minimum atomic E-state index is -3.71. The first-order chi connectivity index (χ1) is 12.4. The number of hydrogen-bond acceptors (Lipinski definition) is 3. The van der Waals surface area contributed by atoms with E-state index in [1.807, 2.05) is 54.6 Å². The van der Waals surface area contributed by atoms with Gasteiger partial charge in [-0.3, -0.25) is 0 Å². The molecule has 0 fully saturated rings. The average molecular weight is 369 g/mol. The molecule has 3 aromatic carbocycles. The van der Waals surface area contributed by atoms with E-state index in [4.69, 9.17) is 0 Å². The maximum absolute atomic E-state index is 12.7. The predicted octanol–water partition coefficient (Wildman–Crippen LogP) is 3.50. The third kappa shape index (κ3) is 4.49. The fraction of sp³-hybridized carbons (Fsp3) is 0.238. The van der Waals surface area contributed by atoms with Crippen LogP contribution in [0.4, 0.5) is 0 Å². The summed E-state index contributed by atoms with van der Waals surface area (Å²) in [6, 6.07) is 22.4. The van der Waals surface area contributed by atoms with Crippen LogP contribution in [0.25, 0.3) is 10.8 Å². The quantitative estimate of drug-likeness (QED) is 0.670. The molecule has 0 bridgehead atoms. The third-order valence-electron chi connectivity index (χ3n) is 4.48. The van der Waals surface area contributed by atoms with Crippen LogP contribution in [0.15, 0.2) is 77.7 Å². The molecule has 0 saturated heterocycles. The summed E-state index contributed by atoms with van der Waals surface area (Å²) in [7, 11) is -3.71. The molecule has 136 valence electrons. The lowest BCUT2D eigenvalue weighted by atomic mass is 9.97. The van der Waals surface area contributed by atoms with Gasteiger partial charge in [0.15, 0.2) is 0 Å². The number of fused-ring (bicyclic) bond motifs is 1. The van der Waals surface area contributed by atoms with Gasteiger partial charge < -0.3 is 5.11 Å². The molecule has 4 nitrogen and oxygen atoms in total. The smallest absolute Gasteiger partial charge is 0.241 e. The summed E-state index contributed by atoms with van der Waals surface area (Å²) in [5, 5.41) is 12.1. The lowest BCUT2D eigenvalue weighted by Crippen LogP contribution is -2.41. The molecular formula is C21H23NO3S. The van der Waals surface area contributed by atoms with Crippen molar-refractivity contribution < 1.29 is 13.5 Å². The van der Waals surface area contributed by atoms with Crippen LogP contribution in [0.1, 0.15) is 18.9 Å². The van der Waals surface area contributed by atoms with Crippen molar-refractivity contribution >= 4 is 20.8 Å². The van der Waals surface area contributed by atoms with E-state index < -0.39 is 15.6 Å². The molecule has 0 aliphatic carbocycles. The number of rotatable bonds is 7. The molecule has 0 heterocycles. The molecule has 0 aromatic heterocycles. The number of sulfonamides is 1. The SMILES string of the molecule is C[C@](O)(CCc1ccccc1)CNS(=O)(=O)c1cccc2ccccc12. The first-order valence-electron chi connectivity index (χ1n) is 8.61. The van der Waals surface area contributed by atoms with Crippen LogP contribution in [-0.4, -0.2) is 25.7 Å². The zero-order valence-electron chi connectivity index (χ0n) is 14.7. The van der Waals surface area contributed by atoms with Crippen molar-refractivity contribution in [2.24, 2.45) is 0 Å². The molecule has 26 heavy (non-hydrogen) atoms. The molecule has 0 aliphatic heterocycles. The van der Waals surface area contributed by atoms with Gasteiger partial charge in [0.2, 0.25) is 10.0 Å². The van der Waals surface area contributed by atoms with Crippen LogP contribution in [0.5, 0.6) is 0 Å². The fourth-order valence-electron chi connectivity index (χ4n) is 2.90. The standard InChI is InChI=1S/C21H23NO3S/c1-21(23,15-14-17-8-3-2-4-9-17)16-22-26(24,25)20-13-7-11-18-10-5-6-12-19(18)20/h2-13,22-23H,14-16H2,1H3/t21-/m0/s1. The van der Waals surface area contributed by atoms with Crippen molar-refractivity contribution in [3.8, 4) is 0 Å². The number of nitrogens with one attached hydrogen (secondary N) is 1. The molecule has 0 saturated carbocycles. The second-order valence-electron chi connectivity index (χ2n) is 6.78. The van der Waals surface area contributed by atoms with Gasteiger partial charge in [-0.15, -0.1) is 0 Å². The van der Waals surface area contributed by atoms with Crippen molar-refractivity contribution in [3.05, 3.63) is 78.4 Å². The van der Waals surface area contributed by atoms with Crippen LogP contribution in [0, 0.1) is 0 Å². The van der Waals surface area contributed by atoms with E-state index in [9.17, 15) is 13.5 Å². The summed E-state index contributed by atoms with van der Waals surface area (Å²) in [6.45, 7) is 1.62. The van der Waals surface area contributed by atoms with Gasteiger partial charge in [0, 0.05) is 11.9 Å². The van der Waals surface area contributed by atoms with Crippen LogP contribution in [-0.2, 0) is 16.4 Å². The third-order valence-corrected chi connectivity index (χ3v) is 5.94. The zero-order valence-corrected chi connectivity index (χ0v) is 15.5. The Morgan fingerprint density at radius 1 is 0.923 bits per heavy atom. The molecular weight excluding hydrogens is 346 g/mol. The zero-order chi connectivity index (χ0) is 18.6. The van der Waals surface area contributed by atoms with Gasteiger partial charge in [-0.25, -0.2) is 13.1 Å². The first kappa shape index (κ1) is 18.6. The molecule has 0 aliphatic rings. The topological polar surface area (TPSA) is 66.4 Å². The lowest BCUT2D eigenvalue weighted by molar-refractivity contribution is 0.0565. The first-order valence-corrected chi connectivity index (χ1v) is 10.1. The van der Waals surface area contributed by atoms with Crippen LogP contribution in [0.3, 0.4) is 0 Å². The lowest BCUT2D eigenvalue weighted by Gasteiger charge is -2.24. The summed E-state index contributed by atoms with van der Waals surface area (Å²) < 4.78 is 28.1. The summed E-state index contributed by atoms with van der Waals surface area (Å²) in [5.41, 5.74) is -0.0160. The van der Waals surface area contributed by atoms with Crippen molar-refractivity contribution in [2.75, 3.05) is 6.54 Å². The summed E-state index contributed by atoms with van der Waals surface area (Å²) in [5.74, 6) is 0. The van der Waals surface area contributed by atoms with Crippen LogP contribution >= 0.6 is 0 Å². The number of aryl methyl sites for hydroxylation is 1. The Kier molecular flexibility index (Phi) is 5.41. The second-order valence-corrected chi connectivity index (χ2v) is 8.52. The maximum atomic E-state index is 12.7. The molecule has 2 N–H and O–H groups in total. The highest BCUT2D eigenvalue weighted by Gasteiger charge is 2.25. The highest BCUT2D eigenvalue weighted by Crippen LogP contribution is 2.23. The Hall–Kier alpha value is -2.21. The molecule has 1 atom stereocenters. The van der Waals surface area contributed by atoms with Gasteiger partial charge in [0.1, 0.15) is 0 Å². The number of benzene rings is 3. The van der Waals surface area contributed by atoms with Gasteiger partial charge in [0.25, 0.3) is 0 Å². The van der Waals surface area contributed by atoms with Gasteiger partial charge in [-0.2, -0.15) is 0 Å². The average Bonchev–Trinajstić information content (AvgIpc) is 2.65. The molecule has 0 unspecified atom stereocenters. The van der Waals surface area contributed by atoms with Crippen molar-refractivity contribution in [1.29, 1.82) is 0 Å². The van der Waals surface area contributed by atoms with Crippen molar-refractivity contribution in [1.82, 2.24) is 4.72 Å². The van der Waals surface area contributed by atoms with E-state index in [1.165, 1.54) is 0 Å². The Balaban J connectivity index is 1.71. The predicted molar refractivity (Wildman–Crippen MR) is 105 cm³/mol. The monoisotopic (exact) mass is 369 g/mol. The van der Waals surface area contributed by atoms with Crippen LogP contribution in [0.2, 0.25) is 0 Å². The van der Waals surface area contributed by atoms with E-state index in [0.717, 1.165) is 10.9 Å². The maximum Gasteiger partial charge on any atom is 0.241 e. The molecule has 0 amide bonds. The molecule has 3 rings (SSSR count). The number of aliphatic hydroxyl groups is 1. The van der Waals surface area contributed by atoms with Crippen molar-refractivity contribution in [3.63, 3.8) is 0 Å². The largest absolute Gasteiger partial charge is 0.389 e. The van der Waals surface area contributed by atoms with Gasteiger partial charge in [0.05, 0.1) is 10.5 Å². The molecule has 0 radical (unpaired) electrons. The summed E-state index contributed by atoms with van der Waals surface area (Å²) in [4.78, 5) is 0.231. The van der Waals surface area contributed by atoms with Gasteiger partial charge in [-0.1, -0.05) is 66.7 Å². The van der Waals surface area contributed by atoms with Crippen molar-refractivity contribution in [2.45, 2.75) is 30.3 Å². The summed E-state index contributed by atoms with van der Waals surface area (Å²) in [6.07, 6.45) is 1.15. The fourth-order valence-corrected chi connectivity index (χ4v) is 4.29. The van der Waals surface area contributed by atoms with E-state index in [0.29, 0.717) is 18.2 Å². The Morgan fingerprint density at radius 2 is 1.58 bits per heavy atom. The van der Waals surface area contributed by atoms with Crippen LogP contribution < -0.4 is 4.72 Å². The normalized spacial score (nSPS) is 14.2. The van der Waals surface area contributed by atoms with E-state index in [1.54, 1.807) is 25.1 Å². The Labute approximate surface area is 154 Å². The Morgan fingerprint density at radius 3 is 2.35 bits per heavy atom. The van der Waals surface area contributed by atoms with E-state index >= 15 is 0 Å². The molecule has 5 heteroatoms. The van der Waals surface area contributed by atoms with Gasteiger partial charge in [-0.05, 0) is 36.8 Å². The minimum Gasteiger partial charge on any atom is -0.389 e. The van der Waals surface area contributed by atoms with E-state index in [-0.39, 0.29) is 11.4 Å². The van der Waals surface area contributed by atoms with Gasteiger partial charge >= 0.3 is 0 Å². The number of hydrogen-bond donors (Lipinski definition) is 2. The molecule has 0 spiro atoms. The minimum absolute atomic E-state index is 0.0363. The second kappa shape index (κ2) is 7.58. The highest BCUT2D eigenvalue weighted by atomic mass is 32.2. The summed E-state index contributed by atoms with van der Waals surface area (Å²) >= 11 is 0.